The van der Waals surface area contributed by atoms with Gasteiger partial charge < -0.3 is 4.74 Å². The Balaban J connectivity index is 3.42. The van der Waals surface area contributed by atoms with Gasteiger partial charge >= 0.3 is 5.97 Å². The van der Waals surface area contributed by atoms with Crippen LogP contribution in [0.3, 0.4) is 0 Å². The fraction of sp³-hybridized carbons (Fsp3) is 0.200. The highest BCUT2D eigenvalue weighted by atomic mass is 35.5. The number of halogens is 1. The molecule has 0 spiro atoms. The van der Waals surface area contributed by atoms with Crippen molar-refractivity contribution < 1.29 is 9.53 Å². The van der Waals surface area contributed by atoms with Crippen molar-refractivity contribution in [3.8, 4) is 6.07 Å². The molecule has 1 aromatic rings. The number of carbonyl (C=O) groups is 1. The molecular formula is C10H8ClNO2. The number of hydrogen-bond donors (Lipinski definition) is 0. The molecule has 0 aliphatic rings. The Bertz CT molecular complexity index is 421. The van der Waals surface area contributed by atoms with E-state index in [9.17, 15) is 4.79 Å². The van der Waals surface area contributed by atoms with Crippen LogP contribution in [0.4, 0.5) is 0 Å². The zero-order chi connectivity index (χ0) is 10.7. The topological polar surface area (TPSA) is 50.1 Å². The molecule has 72 valence electrons. The summed E-state index contributed by atoms with van der Waals surface area (Å²) in [5.41, 5.74) is 1.23. The Morgan fingerprint density at radius 3 is 2.71 bits per heavy atom. The number of carbonyl (C=O) groups excluding carboxylic acids is 1. The highest BCUT2D eigenvalue weighted by Crippen LogP contribution is 2.24. The molecule has 0 aliphatic heterocycles. The number of esters is 1. The zero-order valence-electron chi connectivity index (χ0n) is 7.80. The predicted octanol–water partition coefficient (Wildman–Crippen LogP) is 2.31. The van der Waals surface area contributed by atoms with Gasteiger partial charge in [0, 0.05) is 0 Å². The zero-order valence-corrected chi connectivity index (χ0v) is 8.55. The lowest BCUT2D eigenvalue weighted by Crippen LogP contribution is -2.05. The number of nitriles is 1. The van der Waals surface area contributed by atoms with Crippen LogP contribution < -0.4 is 0 Å². The summed E-state index contributed by atoms with van der Waals surface area (Å²) in [6.07, 6.45) is 0. The van der Waals surface area contributed by atoms with E-state index in [4.69, 9.17) is 16.9 Å². The average molecular weight is 210 g/mol. The average Bonchev–Trinajstić information content (AvgIpc) is 2.18. The lowest BCUT2D eigenvalue weighted by atomic mass is 10.1. The number of aryl methyl sites for hydroxylation is 1. The van der Waals surface area contributed by atoms with Crippen molar-refractivity contribution >= 4 is 17.6 Å². The van der Waals surface area contributed by atoms with Crippen LogP contribution in [-0.2, 0) is 4.74 Å². The molecule has 0 heterocycles. The maximum Gasteiger partial charge on any atom is 0.339 e. The number of methoxy groups -OCH3 is 1. The van der Waals surface area contributed by atoms with Gasteiger partial charge in [-0.2, -0.15) is 5.26 Å². The molecule has 4 heteroatoms. The van der Waals surface area contributed by atoms with E-state index in [0.29, 0.717) is 5.56 Å². The largest absolute Gasteiger partial charge is 0.465 e. The van der Waals surface area contributed by atoms with Crippen LogP contribution in [-0.4, -0.2) is 13.1 Å². The molecule has 0 bridgehead atoms. The fourth-order valence-electron chi connectivity index (χ4n) is 1.11. The van der Waals surface area contributed by atoms with E-state index in [0.717, 1.165) is 0 Å². The monoisotopic (exact) mass is 209 g/mol. The van der Waals surface area contributed by atoms with Gasteiger partial charge in [-0.25, -0.2) is 4.79 Å². The lowest BCUT2D eigenvalue weighted by Gasteiger charge is -2.06. The summed E-state index contributed by atoms with van der Waals surface area (Å²) >= 11 is 5.86. The van der Waals surface area contributed by atoms with Gasteiger partial charge in [-0.15, -0.1) is 0 Å². The van der Waals surface area contributed by atoms with Crippen LogP contribution in [0.1, 0.15) is 21.5 Å². The molecule has 14 heavy (non-hydrogen) atoms. The van der Waals surface area contributed by atoms with Gasteiger partial charge in [0.2, 0.25) is 0 Å². The van der Waals surface area contributed by atoms with Gasteiger partial charge in [-0.05, 0) is 18.6 Å². The molecule has 1 aromatic carbocycles. The molecule has 0 unspecified atom stereocenters. The number of nitrogens with zero attached hydrogens (tertiary/aromatic N) is 1. The van der Waals surface area contributed by atoms with Gasteiger partial charge in [0.05, 0.1) is 23.3 Å². The van der Waals surface area contributed by atoms with E-state index in [2.05, 4.69) is 4.74 Å². The Labute approximate surface area is 86.9 Å². The third kappa shape index (κ3) is 1.70. The van der Waals surface area contributed by atoms with Crippen LogP contribution in [0.5, 0.6) is 0 Å². The molecule has 0 atom stereocenters. The van der Waals surface area contributed by atoms with Crippen LogP contribution in [0.25, 0.3) is 0 Å². The minimum Gasteiger partial charge on any atom is -0.465 e. The van der Waals surface area contributed by atoms with E-state index >= 15 is 0 Å². The van der Waals surface area contributed by atoms with Crippen molar-refractivity contribution in [1.29, 1.82) is 5.26 Å². The van der Waals surface area contributed by atoms with Gasteiger partial charge in [-0.3, -0.25) is 0 Å². The van der Waals surface area contributed by atoms with Crippen LogP contribution >= 0.6 is 11.6 Å². The highest BCUT2D eigenvalue weighted by molar-refractivity contribution is 6.34. The fourth-order valence-corrected chi connectivity index (χ4v) is 1.44. The second-order valence-corrected chi connectivity index (χ2v) is 3.10. The summed E-state index contributed by atoms with van der Waals surface area (Å²) in [5, 5.41) is 8.85. The summed E-state index contributed by atoms with van der Waals surface area (Å²) < 4.78 is 4.56. The van der Waals surface area contributed by atoms with Gasteiger partial charge in [-0.1, -0.05) is 17.7 Å². The standard InChI is InChI=1S/C10H8ClNO2/c1-6-3-4-7(5-12)9(11)8(6)10(13)14-2/h3-4H,1-2H3. The Kier molecular flexibility index (Phi) is 3.10. The number of hydrogen-bond acceptors (Lipinski definition) is 3. The van der Waals surface area contributed by atoms with Crippen molar-refractivity contribution in [2.45, 2.75) is 6.92 Å². The minimum absolute atomic E-state index is 0.152. The van der Waals surface area contributed by atoms with Crippen LogP contribution in [0.2, 0.25) is 5.02 Å². The van der Waals surface area contributed by atoms with Gasteiger partial charge in [0.25, 0.3) is 0 Å². The molecule has 0 fully saturated rings. The molecule has 0 N–H and O–H groups in total. The summed E-state index contributed by atoms with van der Waals surface area (Å²) in [6, 6.07) is 5.14. The van der Waals surface area contributed by atoms with E-state index in [1.165, 1.54) is 7.11 Å². The van der Waals surface area contributed by atoms with Crippen molar-refractivity contribution in [3.63, 3.8) is 0 Å². The molecule has 3 nitrogen and oxygen atoms in total. The molecule has 0 aromatic heterocycles. The van der Waals surface area contributed by atoms with Crippen molar-refractivity contribution in [3.05, 3.63) is 33.8 Å². The molecule has 0 amide bonds. The Morgan fingerprint density at radius 2 is 2.21 bits per heavy atom. The first-order valence-electron chi connectivity index (χ1n) is 3.89. The van der Waals surface area contributed by atoms with Crippen LogP contribution in [0.15, 0.2) is 12.1 Å². The Morgan fingerprint density at radius 1 is 1.57 bits per heavy atom. The number of benzene rings is 1. The smallest absolute Gasteiger partial charge is 0.339 e. The maximum absolute atomic E-state index is 11.3. The van der Waals surface area contributed by atoms with Crippen LogP contribution in [0, 0.1) is 18.3 Å². The number of ether oxygens (including phenoxy) is 1. The molecule has 0 saturated heterocycles. The van der Waals surface area contributed by atoms with Gasteiger partial charge in [0.15, 0.2) is 0 Å². The van der Waals surface area contributed by atoms with Gasteiger partial charge in [0.1, 0.15) is 6.07 Å². The maximum atomic E-state index is 11.3. The molecule has 1 rings (SSSR count). The third-order valence-corrected chi connectivity index (χ3v) is 2.25. The summed E-state index contributed by atoms with van der Waals surface area (Å²) in [5.74, 6) is -0.524. The second-order valence-electron chi connectivity index (χ2n) is 2.72. The lowest BCUT2D eigenvalue weighted by molar-refractivity contribution is 0.0600. The summed E-state index contributed by atoms with van der Waals surface area (Å²) in [6.45, 7) is 1.74. The first-order chi connectivity index (χ1) is 6.61. The first-order valence-corrected chi connectivity index (χ1v) is 4.27. The number of rotatable bonds is 1. The minimum atomic E-state index is -0.524. The van der Waals surface area contributed by atoms with E-state index in [-0.39, 0.29) is 16.1 Å². The second kappa shape index (κ2) is 4.12. The van der Waals surface area contributed by atoms with Crippen molar-refractivity contribution in [2.24, 2.45) is 0 Å². The quantitative estimate of drug-likeness (QED) is 0.667. The Hall–Kier alpha value is -1.53. The van der Waals surface area contributed by atoms with E-state index in [1.807, 2.05) is 6.07 Å². The predicted molar refractivity (Wildman–Crippen MR) is 52.2 cm³/mol. The highest BCUT2D eigenvalue weighted by Gasteiger charge is 2.16. The van der Waals surface area contributed by atoms with E-state index < -0.39 is 5.97 Å². The molecular weight excluding hydrogens is 202 g/mol. The summed E-state index contributed by atoms with van der Waals surface area (Å²) in [4.78, 5) is 11.3. The summed E-state index contributed by atoms with van der Waals surface area (Å²) in [7, 11) is 1.27. The SMILES string of the molecule is COC(=O)c1c(C)ccc(C#N)c1Cl. The van der Waals surface area contributed by atoms with Crippen molar-refractivity contribution in [2.75, 3.05) is 7.11 Å². The van der Waals surface area contributed by atoms with E-state index in [1.54, 1.807) is 19.1 Å². The molecule has 0 saturated carbocycles. The molecule has 0 radical (unpaired) electrons. The normalized spacial score (nSPS) is 9.29. The first kappa shape index (κ1) is 10.6. The van der Waals surface area contributed by atoms with Crippen molar-refractivity contribution in [1.82, 2.24) is 0 Å². The molecule has 0 aliphatic carbocycles. The third-order valence-electron chi connectivity index (χ3n) is 1.86.